The zero-order valence-corrected chi connectivity index (χ0v) is 13.6. The van der Waals surface area contributed by atoms with Crippen LogP contribution in [0.4, 0.5) is 0 Å². The van der Waals surface area contributed by atoms with Crippen LogP contribution in [-0.2, 0) is 18.3 Å². The van der Waals surface area contributed by atoms with Crippen LogP contribution in [0.5, 0.6) is 0 Å². The molecule has 0 amide bonds. The Morgan fingerprint density at radius 3 is 1.56 bits per heavy atom. The highest BCUT2D eigenvalue weighted by Gasteiger charge is 2.16. The minimum atomic E-state index is 0.163. The third-order valence-corrected chi connectivity index (χ3v) is 3.26. The first-order chi connectivity index (χ1) is 8.18. The lowest BCUT2D eigenvalue weighted by molar-refractivity contribution is 0.588. The van der Waals surface area contributed by atoms with Crippen LogP contribution in [0.1, 0.15) is 51.3 Å². The van der Waals surface area contributed by atoms with Gasteiger partial charge in [-0.15, -0.1) is 23.2 Å². The quantitative estimate of drug-likeness (QED) is 0.657. The average Bonchev–Trinajstić information content (AvgIpc) is 2.13. The molecule has 0 aromatic heterocycles. The number of rotatable bonds is 4. The maximum Gasteiger partial charge on any atom is 0.0348 e. The summed E-state index contributed by atoms with van der Waals surface area (Å²) in [4.78, 5) is 0. The molecule has 1 rings (SSSR count). The Labute approximate surface area is 122 Å². The second-order valence-electron chi connectivity index (χ2n) is 6.26. The van der Waals surface area contributed by atoms with E-state index in [1.165, 1.54) is 16.7 Å². The maximum absolute atomic E-state index is 6.11. The molecule has 0 saturated heterocycles. The molecule has 18 heavy (non-hydrogen) atoms. The predicted molar refractivity (Wildman–Crippen MR) is 83.2 cm³/mol. The molecule has 2 unspecified atom stereocenters. The highest BCUT2D eigenvalue weighted by molar-refractivity contribution is 6.20. The van der Waals surface area contributed by atoms with Crippen LogP contribution in [0.25, 0.3) is 0 Å². The third kappa shape index (κ3) is 5.20. The zero-order chi connectivity index (χ0) is 13.9. The minimum Gasteiger partial charge on any atom is -0.123 e. The van der Waals surface area contributed by atoms with E-state index < -0.39 is 0 Å². The predicted octanol–water partition coefficient (Wildman–Crippen LogP) is 5.32. The summed E-state index contributed by atoms with van der Waals surface area (Å²) in [5.41, 5.74) is 4.16. The van der Waals surface area contributed by atoms with Crippen molar-refractivity contribution in [3.8, 4) is 0 Å². The van der Waals surface area contributed by atoms with Gasteiger partial charge >= 0.3 is 0 Å². The molecule has 0 bridgehead atoms. The van der Waals surface area contributed by atoms with Gasteiger partial charge in [-0.05, 0) is 48.8 Å². The van der Waals surface area contributed by atoms with Crippen LogP contribution in [0, 0.1) is 0 Å². The first-order valence-electron chi connectivity index (χ1n) is 6.60. The second kappa shape index (κ2) is 6.30. The largest absolute Gasteiger partial charge is 0.123 e. The van der Waals surface area contributed by atoms with Crippen molar-refractivity contribution in [2.45, 2.75) is 63.6 Å². The Morgan fingerprint density at radius 1 is 0.889 bits per heavy atom. The highest BCUT2D eigenvalue weighted by Crippen LogP contribution is 2.26. The normalized spacial score (nSPS) is 15.5. The minimum absolute atomic E-state index is 0.163. The fourth-order valence-electron chi connectivity index (χ4n) is 2.08. The van der Waals surface area contributed by atoms with Crippen molar-refractivity contribution in [1.29, 1.82) is 0 Å². The second-order valence-corrected chi connectivity index (χ2v) is 7.75. The van der Waals surface area contributed by atoms with Crippen molar-refractivity contribution < 1.29 is 0 Å². The molecule has 0 saturated carbocycles. The molecule has 2 atom stereocenters. The fourth-order valence-corrected chi connectivity index (χ4v) is 2.44. The summed E-state index contributed by atoms with van der Waals surface area (Å²) in [6.45, 7) is 10.8. The Morgan fingerprint density at radius 2 is 1.28 bits per heavy atom. The molecule has 0 spiro atoms. The summed E-state index contributed by atoms with van der Waals surface area (Å²) in [6.07, 6.45) is 1.82. The van der Waals surface area contributed by atoms with E-state index in [0.29, 0.717) is 0 Å². The molecule has 0 aliphatic carbocycles. The average molecular weight is 287 g/mol. The van der Waals surface area contributed by atoms with Crippen LogP contribution in [0.15, 0.2) is 18.2 Å². The van der Waals surface area contributed by atoms with Crippen LogP contribution in [0.3, 0.4) is 0 Å². The van der Waals surface area contributed by atoms with Gasteiger partial charge in [-0.3, -0.25) is 0 Å². The number of hydrogen-bond donors (Lipinski definition) is 0. The monoisotopic (exact) mass is 286 g/mol. The van der Waals surface area contributed by atoms with Gasteiger partial charge in [0.1, 0.15) is 0 Å². The van der Waals surface area contributed by atoms with E-state index in [2.05, 4.69) is 39.0 Å². The Kier molecular flexibility index (Phi) is 5.55. The van der Waals surface area contributed by atoms with E-state index in [1.54, 1.807) is 0 Å². The van der Waals surface area contributed by atoms with Crippen molar-refractivity contribution in [2.75, 3.05) is 0 Å². The summed E-state index contributed by atoms with van der Waals surface area (Å²) >= 11 is 12.2. The highest BCUT2D eigenvalue weighted by atomic mass is 35.5. The summed E-state index contributed by atoms with van der Waals surface area (Å²) in [5.74, 6) is 0. The van der Waals surface area contributed by atoms with E-state index in [9.17, 15) is 0 Å². The molecule has 0 aliphatic rings. The third-order valence-electron chi connectivity index (χ3n) is 2.95. The van der Waals surface area contributed by atoms with Gasteiger partial charge < -0.3 is 0 Å². The van der Waals surface area contributed by atoms with E-state index in [4.69, 9.17) is 23.2 Å². The molecule has 0 heterocycles. The topological polar surface area (TPSA) is 0 Å². The van der Waals surface area contributed by atoms with Gasteiger partial charge in [0.05, 0.1) is 0 Å². The Bertz CT molecular complexity index is 358. The first-order valence-corrected chi connectivity index (χ1v) is 7.47. The molecular formula is C16H24Cl2. The maximum atomic E-state index is 6.11. The molecule has 0 fully saturated rings. The number of alkyl halides is 2. The Balaban J connectivity index is 3.11. The van der Waals surface area contributed by atoms with Crippen molar-refractivity contribution in [3.05, 3.63) is 34.9 Å². The lowest BCUT2D eigenvalue weighted by atomic mass is 9.84. The van der Waals surface area contributed by atoms with Gasteiger partial charge in [0.25, 0.3) is 0 Å². The summed E-state index contributed by atoms with van der Waals surface area (Å²) in [5, 5.41) is 0.336. The van der Waals surface area contributed by atoms with E-state index in [-0.39, 0.29) is 16.2 Å². The lowest BCUT2D eigenvalue weighted by Gasteiger charge is -2.22. The van der Waals surface area contributed by atoms with E-state index >= 15 is 0 Å². The number of benzene rings is 1. The lowest BCUT2D eigenvalue weighted by Crippen LogP contribution is -2.13. The molecule has 0 N–H and O–H groups in total. The van der Waals surface area contributed by atoms with Crippen LogP contribution >= 0.6 is 23.2 Å². The Hall–Kier alpha value is -0.200. The molecular weight excluding hydrogens is 263 g/mol. The van der Waals surface area contributed by atoms with Gasteiger partial charge in [-0.25, -0.2) is 0 Å². The SMILES string of the molecule is CC(Cl)Cc1cc(CC(C)Cl)cc(C(C)(C)C)c1. The standard InChI is InChI=1S/C16H24Cl2/c1-11(17)6-13-8-14(7-12(2)18)10-15(9-13)16(3,4)5/h8-12H,6-7H2,1-5H3. The van der Waals surface area contributed by atoms with Gasteiger partial charge in [-0.2, -0.15) is 0 Å². The van der Waals surface area contributed by atoms with E-state index in [1.807, 2.05) is 13.8 Å². The smallest absolute Gasteiger partial charge is 0.0348 e. The van der Waals surface area contributed by atoms with E-state index in [0.717, 1.165) is 12.8 Å². The first kappa shape index (κ1) is 15.9. The van der Waals surface area contributed by atoms with Gasteiger partial charge in [0, 0.05) is 10.8 Å². The van der Waals surface area contributed by atoms with Gasteiger partial charge in [0.2, 0.25) is 0 Å². The molecule has 1 aromatic rings. The number of halogens is 2. The molecule has 0 radical (unpaired) electrons. The fraction of sp³-hybridized carbons (Fsp3) is 0.625. The van der Waals surface area contributed by atoms with Crippen molar-refractivity contribution >= 4 is 23.2 Å². The molecule has 0 nitrogen and oxygen atoms in total. The van der Waals surface area contributed by atoms with Crippen molar-refractivity contribution in [3.63, 3.8) is 0 Å². The van der Waals surface area contributed by atoms with Crippen molar-refractivity contribution in [2.24, 2.45) is 0 Å². The van der Waals surface area contributed by atoms with Crippen LogP contribution in [0.2, 0.25) is 0 Å². The molecule has 2 heteroatoms. The summed E-state index contributed by atoms with van der Waals surface area (Å²) < 4.78 is 0. The summed E-state index contributed by atoms with van der Waals surface area (Å²) in [7, 11) is 0. The van der Waals surface area contributed by atoms with Gasteiger partial charge in [-0.1, -0.05) is 39.0 Å². The zero-order valence-electron chi connectivity index (χ0n) is 12.1. The molecule has 1 aromatic carbocycles. The van der Waals surface area contributed by atoms with Crippen LogP contribution < -0.4 is 0 Å². The number of hydrogen-bond acceptors (Lipinski definition) is 0. The van der Waals surface area contributed by atoms with Crippen LogP contribution in [-0.4, -0.2) is 10.8 Å². The van der Waals surface area contributed by atoms with Crippen molar-refractivity contribution in [1.82, 2.24) is 0 Å². The molecule has 0 aliphatic heterocycles. The van der Waals surface area contributed by atoms with Gasteiger partial charge in [0.15, 0.2) is 0 Å². The molecule has 102 valence electrons. The summed E-state index contributed by atoms with van der Waals surface area (Å²) in [6, 6.07) is 6.80.